The molecule has 0 aliphatic rings. The van der Waals surface area contributed by atoms with Crippen molar-refractivity contribution in [3.8, 4) is 0 Å². The number of para-hydroxylation sites is 1. The van der Waals surface area contributed by atoms with Gasteiger partial charge in [-0.1, -0.05) is 18.2 Å². The number of esters is 1. The zero-order valence-corrected chi connectivity index (χ0v) is 15.3. The van der Waals surface area contributed by atoms with Crippen LogP contribution in [0.4, 0.5) is 0 Å². The fourth-order valence-corrected chi connectivity index (χ4v) is 3.55. The summed E-state index contributed by atoms with van der Waals surface area (Å²) in [5.41, 5.74) is 1.38. The lowest BCUT2D eigenvalue weighted by Crippen LogP contribution is -2.15. The summed E-state index contributed by atoms with van der Waals surface area (Å²) < 4.78 is 10.8. The molecule has 1 aromatic carbocycles. The van der Waals surface area contributed by atoms with E-state index in [1.165, 1.54) is 11.3 Å². The number of benzene rings is 1. The molecule has 5 nitrogen and oxygen atoms in total. The largest absolute Gasteiger partial charge is 0.461 e. The van der Waals surface area contributed by atoms with Gasteiger partial charge < -0.3 is 14.5 Å². The summed E-state index contributed by atoms with van der Waals surface area (Å²) in [5.74, 6) is 0.671. The van der Waals surface area contributed by atoms with Gasteiger partial charge in [-0.2, -0.15) is 0 Å². The van der Waals surface area contributed by atoms with Gasteiger partial charge in [-0.25, -0.2) is 9.78 Å². The van der Waals surface area contributed by atoms with E-state index in [-0.39, 0.29) is 5.97 Å². The van der Waals surface area contributed by atoms with Crippen molar-refractivity contribution in [1.82, 2.24) is 10.3 Å². The maximum Gasteiger partial charge on any atom is 0.358 e. The molecule has 3 rings (SSSR count). The Labute approximate surface area is 151 Å². The molecular weight excluding hydrogens is 336 g/mol. The molecule has 0 bridgehead atoms. The summed E-state index contributed by atoms with van der Waals surface area (Å²) in [7, 11) is 0. The lowest BCUT2D eigenvalue weighted by atomic mass is 10.2. The number of furan rings is 1. The minimum Gasteiger partial charge on any atom is -0.461 e. The van der Waals surface area contributed by atoms with Gasteiger partial charge in [0.05, 0.1) is 6.61 Å². The Morgan fingerprint density at radius 1 is 1.36 bits per heavy atom. The van der Waals surface area contributed by atoms with E-state index in [1.54, 1.807) is 6.92 Å². The minimum absolute atomic E-state index is 0.340. The molecule has 0 radical (unpaired) electrons. The van der Waals surface area contributed by atoms with Crippen LogP contribution in [0.25, 0.3) is 11.0 Å². The van der Waals surface area contributed by atoms with Crippen LogP contribution in [0.2, 0.25) is 0 Å². The van der Waals surface area contributed by atoms with Gasteiger partial charge in [0.1, 0.15) is 16.4 Å². The first kappa shape index (κ1) is 17.6. The van der Waals surface area contributed by atoms with Crippen LogP contribution in [0.3, 0.4) is 0 Å². The summed E-state index contributed by atoms with van der Waals surface area (Å²) >= 11 is 1.53. The Bertz CT molecular complexity index is 820. The monoisotopic (exact) mass is 358 g/mol. The molecule has 6 heteroatoms. The molecule has 25 heavy (non-hydrogen) atoms. The topological polar surface area (TPSA) is 64.4 Å². The Hall–Kier alpha value is -2.18. The fraction of sp³-hybridized carbons (Fsp3) is 0.368. The molecule has 0 unspecified atom stereocenters. The lowest BCUT2D eigenvalue weighted by Gasteiger charge is -2.01. The highest BCUT2D eigenvalue weighted by atomic mass is 32.1. The second kappa shape index (κ2) is 8.27. The maximum atomic E-state index is 11.8. The van der Waals surface area contributed by atoms with E-state index in [2.05, 4.69) is 22.4 Å². The van der Waals surface area contributed by atoms with Gasteiger partial charge in [-0.05, 0) is 38.9 Å². The van der Waals surface area contributed by atoms with E-state index in [0.29, 0.717) is 18.8 Å². The van der Waals surface area contributed by atoms with E-state index in [9.17, 15) is 4.79 Å². The van der Waals surface area contributed by atoms with Gasteiger partial charge in [-0.15, -0.1) is 11.3 Å². The predicted molar refractivity (Wildman–Crippen MR) is 99.0 cm³/mol. The SMILES string of the molecule is CCOC(=O)c1nc(CNCCCc2cc3ccccc3o2)sc1C. The van der Waals surface area contributed by atoms with Gasteiger partial charge in [-0.3, -0.25) is 0 Å². The first-order valence-corrected chi connectivity index (χ1v) is 9.30. The molecule has 132 valence electrons. The number of nitrogens with one attached hydrogen (secondary N) is 1. The number of carbonyl (C=O) groups is 1. The molecular formula is C19H22N2O3S. The van der Waals surface area contributed by atoms with Gasteiger partial charge >= 0.3 is 5.97 Å². The van der Waals surface area contributed by atoms with Crippen molar-refractivity contribution in [2.24, 2.45) is 0 Å². The number of hydrogen-bond acceptors (Lipinski definition) is 6. The highest BCUT2D eigenvalue weighted by Crippen LogP contribution is 2.20. The number of carbonyl (C=O) groups excluding carboxylic acids is 1. The molecule has 1 N–H and O–H groups in total. The summed E-state index contributed by atoms with van der Waals surface area (Å²) in [6.45, 7) is 5.58. The second-order valence-electron chi connectivity index (χ2n) is 5.76. The zero-order chi connectivity index (χ0) is 17.6. The van der Waals surface area contributed by atoms with Crippen LogP contribution in [-0.2, 0) is 17.7 Å². The molecule has 0 atom stereocenters. The van der Waals surface area contributed by atoms with E-state index in [1.807, 2.05) is 25.1 Å². The molecule has 0 fully saturated rings. The number of ether oxygens (including phenoxy) is 1. The van der Waals surface area contributed by atoms with Crippen LogP contribution in [0.15, 0.2) is 34.7 Å². The second-order valence-corrected chi connectivity index (χ2v) is 7.05. The average Bonchev–Trinajstić information content (AvgIpc) is 3.17. The molecule has 2 aromatic heterocycles. The van der Waals surface area contributed by atoms with Crippen molar-refractivity contribution in [3.63, 3.8) is 0 Å². The average molecular weight is 358 g/mol. The standard InChI is InChI=1S/C19H22N2O3S/c1-3-23-19(22)18-13(2)25-17(21-18)12-20-10-6-8-15-11-14-7-4-5-9-16(14)24-15/h4-5,7,9,11,20H,3,6,8,10,12H2,1-2H3. The van der Waals surface area contributed by atoms with Crippen molar-refractivity contribution >= 4 is 28.3 Å². The Balaban J connectivity index is 1.44. The first-order chi connectivity index (χ1) is 12.2. The molecule has 0 saturated carbocycles. The first-order valence-electron chi connectivity index (χ1n) is 8.49. The summed E-state index contributed by atoms with van der Waals surface area (Å²) in [6.07, 6.45) is 1.88. The summed E-state index contributed by atoms with van der Waals surface area (Å²) in [6, 6.07) is 10.2. The number of rotatable bonds is 8. The van der Waals surface area contributed by atoms with Gasteiger partial charge in [0.2, 0.25) is 0 Å². The minimum atomic E-state index is -0.340. The van der Waals surface area contributed by atoms with Crippen LogP contribution in [0.5, 0.6) is 0 Å². The Morgan fingerprint density at radius 3 is 3.00 bits per heavy atom. The third-order valence-electron chi connectivity index (χ3n) is 3.84. The smallest absolute Gasteiger partial charge is 0.358 e. The number of aromatic nitrogens is 1. The van der Waals surface area contributed by atoms with Gasteiger partial charge in [0.25, 0.3) is 0 Å². The Kier molecular flexibility index (Phi) is 5.83. The molecule has 0 aliphatic heterocycles. The van der Waals surface area contributed by atoms with Crippen LogP contribution >= 0.6 is 11.3 Å². The highest BCUT2D eigenvalue weighted by molar-refractivity contribution is 7.11. The zero-order valence-electron chi connectivity index (χ0n) is 14.5. The van der Waals surface area contributed by atoms with Crippen molar-refractivity contribution in [2.75, 3.05) is 13.2 Å². The van der Waals surface area contributed by atoms with Crippen LogP contribution in [-0.4, -0.2) is 24.1 Å². The predicted octanol–water partition coefficient (Wildman–Crippen LogP) is 4.10. The summed E-state index contributed by atoms with van der Waals surface area (Å²) in [5, 5.41) is 5.43. The van der Waals surface area contributed by atoms with E-state index in [0.717, 1.165) is 46.0 Å². The number of nitrogens with zero attached hydrogens (tertiary/aromatic N) is 1. The van der Waals surface area contributed by atoms with Crippen LogP contribution in [0, 0.1) is 6.92 Å². The third-order valence-corrected chi connectivity index (χ3v) is 4.81. The molecule has 0 aliphatic carbocycles. The van der Waals surface area contributed by atoms with Gasteiger partial charge in [0.15, 0.2) is 5.69 Å². The molecule has 0 amide bonds. The van der Waals surface area contributed by atoms with E-state index in [4.69, 9.17) is 9.15 Å². The fourth-order valence-electron chi connectivity index (χ4n) is 2.66. The molecule has 3 aromatic rings. The van der Waals surface area contributed by atoms with Crippen LogP contribution in [0.1, 0.15) is 39.5 Å². The quantitative estimate of drug-likeness (QED) is 0.485. The van der Waals surface area contributed by atoms with Crippen molar-refractivity contribution in [3.05, 3.63) is 51.7 Å². The Morgan fingerprint density at radius 2 is 2.20 bits per heavy atom. The van der Waals surface area contributed by atoms with Crippen molar-refractivity contribution in [1.29, 1.82) is 0 Å². The molecule has 2 heterocycles. The maximum absolute atomic E-state index is 11.8. The number of aryl methyl sites for hydroxylation is 2. The van der Waals surface area contributed by atoms with E-state index >= 15 is 0 Å². The van der Waals surface area contributed by atoms with Crippen molar-refractivity contribution in [2.45, 2.75) is 33.2 Å². The van der Waals surface area contributed by atoms with Crippen LogP contribution < -0.4 is 5.32 Å². The number of thiazole rings is 1. The summed E-state index contributed by atoms with van der Waals surface area (Å²) in [4.78, 5) is 17.1. The van der Waals surface area contributed by atoms with E-state index < -0.39 is 0 Å². The number of hydrogen-bond donors (Lipinski definition) is 1. The van der Waals surface area contributed by atoms with Crippen molar-refractivity contribution < 1.29 is 13.9 Å². The normalized spacial score (nSPS) is 11.1. The lowest BCUT2D eigenvalue weighted by molar-refractivity contribution is 0.0519. The third kappa shape index (κ3) is 4.46. The molecule has 0 saturated heterocycles. The number of fused-ring (bicyclic) bond motifs is 1. The van der Waals surface area contributed by atoms with Gasteiger partial charge in [0, 0.05) is 23.2 Å². The highest BCUT2D eigenvalue weighted by Gasteiger charge is 2.16. The molecule has 0 spiro atoms.